The molecule has 0 amide bonds. The number of carbonyl (C=O) groups is 1. The van der Waals surface area contributed by atoms with Crippen LogP contribution in [0.1, 0.15) is 29.8 Å². The van der Waals surface area contributed by atoms with Gasteiger partial charge in [-0.05, 0) is 68.1 Å². The summed E-state index contributed by atoms with van der Waals surface area (Å²) in [7, 11) is 0. The van der Waals surface area contributed by atoms with Crippen molar-refractivity contribution >= 4 is 34.7 Å². The number of esters is 1. The summed E-state index contributed by atoms with van der Waals surface area (Å²) in [5.74, 6) is -0.311. The van der Waals surface area contributed by atoms with Gasteiger partial charge in [0.15, 0.2) is 5.11 Å². The van der Waals surface area contributed by atoms with E-state index in [1.807, 2.05) is 43.3 Å². The van der Waals surface area contributed by atoms with Crippen LogP contribution < -0.4 is 10.6 Å². The molecule has 144 valence electrons. The van der Waals surface area contributed by atoms with Crippen LogP contribution in [-0.2, 0) is 4.74 Å². The van der Waals surface area contributed by atoms with Gasteiger partial charge in [0.1, 0.15) is 6.61 Å². The molecule has 0 bridgehead atoms. The van der Waals surface area contributed by atoms with Gasteiger partial charge in [-0.3, -0.25) is 0 Å². The van der Waals surface area contributed by atoms with Crippen LogP contribution in [0, 0.1) is 6.92 Å². The molecule has 2 aromatic rings. The van der Waals surface area contributed by atoms with E-state index in [-0.39, 0.29) is 5.97 Å². The first-order valence-electron chi connectivity index (χ1n) is 9.16. The molecule has 0 unspecified atom stereocenters. The molecule has 0 aromatic heterocycles. The topological polar surface area (TPSA) is 53.6 Å². The highest BCUT2D eigenvalue weighted by Gasteiger charge is 2.08. The maximum Gasteiger partial charge on any atom is 0.338 e. The molecule has 0 atom stereocenters. The van der Waals surface area contributed by atoms with Crippen molar-refractivity contribution in [1.29, 1.82) is 0 Å². The molecule has 27 heavy (non-hydrogen) atoms. The van der Waals surface area contributed by atoms with E-state index in [0.29, 0.717) is 17.3 Å². The summed E-state index contributed by atoms with van der Waals surface area (Å²) < 4.78 is 5.34. The smallest absolute Gasteiger partial charge is 0.338 e. The van der Waals surface area contributed by atoms with Gasteiger partial charge in [0, 0.05) is 17.9 Å². The van der Waals surface area contributed by atoms with E-state index < -0.39 is 0 Å². The molecule has 0 aliphatic rings. The summed E-state index contributed by atoms with van der Waals surface area (Å²) in [5.41, 5.74) is 3.41. The molecule has 2 aromatic carbocycles. The second-order valence-corrected chi connectivity index (χ2v) is 6.54. The summed E-state index contributed by atoms with van der Waals surface area (Å²) >= 11 is 5.35. The summed E-state index contributed by atoms with van der Waals surface area (Å²) in [6, 6.07) is 15.0. The van der Waals surface area contributed by atoms with E-state index in [0.717, 1.165) is 36.6 Å². The molecule has 2 rings (SSSR count). The lowest BCUT2D eigenvalue weighted by molar-refractivity contribution is 0.0466. The number of hydrogen-bond donors (Lipinski definition) is 2. The van der Waals surface area contributed by atoms with Crippen molar-refractivity contribution in [3.63, 3.8) is 0 Å². The molecule has 0 saturated carbocycles. The minimum absolute atomic E-state index is 0.311. The van der Waals surface area contributed by atoms with Gasteiger partial charge in [-0.2, -0.15) is 0 Å². The SMILES string of the molecule is CCN(CC)CCOC(=O)c1ccc(NC(=S)Nc2ccccc2C)cc1. The lowest BCUT2D eigenvalue weighted by atomic mass is 10.2. The number of aryl methyl sites for hydroxylation is 1. The first kappa shape index (κ1) is 20.9. The Labute approximate surface area is 166 Å². The average Bonchev–Trinajstić information content (AvgIpc) is 2.67. The first-order chi connectivity index (χ1) is 13.0. The van der Waals surface area contributed by atoms with Crippen molar-refractivity contribution < 1.29 is 9.53 Å². The summed E-state index contributed by atoms with van der Waals surface area (Å²) in [4.78, 5) is 14.3. The Hall–Kier alpha value is -2.44. The van der Waals surface area contributed by atoms with Crippen LogP contribution >= 0.6 is 12.2 Å². The number of anilines is 2. The maximum atomic E-state index is 12.1. The quantitative estimate of drug-likeness (QED) is 0.522. The molecule has 0 aliphatic carbocycles. The maximum absolute atomic E-state index is 12.1. The van der Waals surface area contributed by atoms with E-state index in [1.54, 1.807) is 12.1 Å². The molecule has 2 N–H and O–H groups in total. The molecule has 5 nitrogen and oxygen atoms in total. The number of nitrogens with one attached hydrogen (secondary N) is 2. The lowest BCUT2D eigenvalue weighted by Crippen LogP contribution is -2.27. The van der Waals surface area contributed by atoms with Crippen LogP contribution in [0.4, 0.5) is 11.4 Å². The zero-order valence-corrected chi connectivity index (χ0v) is 16.9. The monoisotopic (exact) mass is 385 g/mol. The number of hydrogen-bond acceptors (Lipinski definition) is 4. The van der Waals surface area contributed by atoms with E-state index in [4.69, 9.17) is 17.0 Å². The van der Waals surface area contributed by atoms with Gasteiger partial charge in [-0.25, -0.2) is 4.79 Å². The summed E-state index contributed by atoms with van der Waals surface area (Å²) in [5, 5.41) is 6.79. The second-order valence-electron chi connectivity index (χ2n) is 6.13. The number of para-hydroxylation sites is 1. The Morgan fingerprint density at radius 3 is 2.33 bits per heavy atom. The number of carbonyl (C=O) groups excluding carboxylic acids is 1. The average molecular weight is 386 g/mol. The fraction of sp³-hybridized carbons (Fsp3) is 0.333. The third kappa shape index (κ3) is 6.66. The molecular formula is C21H27N3O2S. The van der Waals surface area contributed by atoms with Crippen molar-refractivity contribution in [3.05, 3.63) is 59.7 Å². The first-order valence-corrected chi connectivity index (χ1v) is 9.57. The van der Waals surface area contributed by atoms with E-state index in [2.05, 4.69) is 29.4 Å². The zero-order valence-electron chi connectivity index (χ0n) is 16.1. The second kappa shape index (κ2) is 10.6. The molecular weight excluding hydrogens is 358 g/mol. The standard InChI is InChI=1S/C21H27N3O2S/c1-4-24(5-2)14-15-26-20(25)17-10-12-18(13-11-17)22-21(27)23-19-9-7-6-8-16(19)3/h6-13H,4-5,14-15H2,1-3H3,(H2,22,23,27). The molecule has 0 spiro atoms. The molecule has 0 heterocycles. The van der Waals surface area contributed by atoms with Crippen LogP contribution in [0.15, 0.2) is 48.5 Å². The lowest BCUT2D eigenvalue weighted by Gasteiger charge is -2.17. The van der Waals surface area contributed by atoms with Gasteiger partial charge in [-0.1, -0.05) is 32.0 Å². The van der Waals surface area contributed by atoms with Crippen LogP contribution in [-0.4, -0.2) is 42.2 Å². The number of thiocarbonyl (C=S) groups is 1. The van der Waals surface area contributed by atoms with Gasteiger partial charge in [0.2, 0.25) is 0 Å². The number of ether oxygens (including phenoxy) is 1. The van der Waals surface area contributed by atoms with Crippen LogP contribution in [0.25, 0.3) is 0 Å². The highest BCUT2D eigenvalue weighted by Crippen LogP contribution is 2.15. The van der Waals surface area contributed by atoms with Crippen molar-refractivity contribution in [2.75, 3.05) is 36.9 Å². The van der Waals surface area contributed by atoms with Crippen LogP contribution in [0.2, 0.25) is 0 Å². The Bertz CT molecular complexity index is 758. The predicted octanol–water partition coefficient (Wildman–Crippen LogP) is 4.30. The van der Waals surface area contributed by atoms with Crippen molar-refractivity contribution in [3.8, 4) is 0 Å². The predicted molar refractivity (Wildman–Crippen MR) is 116 cm³/mol. The van der Waals surface area contributed by atoms with E-state index in [9.17, 15) is 4.79 Å². The highest BCUT2D eigenvalue weighted by molar-refractivity contribution is 7.80. The van der Waals surface area contributed by atoms with Crippen molar-refractivity contribution in [2.45, 2.75) is 20.8 Å². The fourth-order valence-corrected chi connectivity index (χ4v) is 2.81. The van der Waals surface area contributed by atoms with Crippen LogP contribution in [0.3, 0.4) is 0 Å². The minimum atomic E-state index is -0.311. The summed E-state index contributed by atoms with van der Waals surface area (Å²) in [6.07, 6.45) is 0. The van der Waals surface area contributed by atoms with Gasteiger partial charge in [-0.15, -0.1) is 0 Å². The Kier molecular flexibility index (Phi) is 8.23. The molecule has 0 radical (unpaired) electrons. The van der Waals surface area contributed by atoms with E-state index >= 15 is 0 Å². The van der Waals surface area contributed by atoms with Crippen molar-refractivity contribution in [1.82, 2.24) is 4.90 Å². The molecule has 6 heteroatoms. The van der Waals surface area contributed by atoms with Crippen LogP contribution in [0.5, 0.6) is 0 Å². The number of benzene rings is 2. The molecule has 0 fully saturated rings. The third-order valence-electron chi connectivity index (χ3n) is 4.31. The Balaban J connectivity index is 1.84. The minimum Gasteiger partial charge on any atom is -0.461 e. The van der Waals surface area contributed by atoms with Gasteiger partial charge < -0.3 is 20.3 Å². The number of likely N-dealkylation sites (N-methyl/N-ethyl adjacent to an activating group) is 1. The molecule has 0 saturated heterocycles. The third-order valence-corrected chi connectivity index (χ3v) is 4.51. The van der Waals surface area contributed by atoms with Gasteiger partial charge in [0.05, 0.1) is 5.56 Å². The Morgan fingerprint density at radius 2 is 1.70 bits per heavy atom. The van der Waals surface area contributed by atoms with Gasteiger partial charge in [0.25, 0.3) is 0 Å². The number of rotatable bonds is 8. The largest absolute Gasteiger partial charge is 0.461 e. The number of nitrogens with zero attached hydrogens (tertiary/aromatic N) is 1. The van der Waals surface area contributed by atoms with Gasteiger partial charge >= 0.3 is 5.97 Å². The van der Waals surface area contributed by atoms with Crippen molar-refractivity contribution in [2.24, 2.45) is 0 Å². The normalized spacial score (nSPS) is 10.5. The summed E-state index contributed by atoms with van der Waals surface area (Å²) in [6.45, 7) is 9.24. The van der Waals surface area contributed by atoms with E-state index in [1.165, 1.54) is 0 Å². The molecule has 0 aliphatic heterocycles. The Morgan fingerprint density at radius 1 is 1.04 bits per heavy atom. The highest BCUT2D eigenvalue weighted by atomic mass is 32.1. The zero-order chi connectivity index (χ0) is 19.6. The fourth-order valence-electron chi connectivity index (χ4n) is 2.58.